The van der Waals surface area contributed by atoms with E-state index in [1.54, 1.807) is 21.1 Å². The lowest BCUT2D eigenvalue weighted by Crippen LogP contribution is -2.39. The molecule has 0 radical (unpaired) electrons. The molecule has 0 fully saturated rings. The van der Waals surface area contributed by atoms with E-state index in [4.69, 9.17) is 0 Å². The Kier molecular flexibility index (Phi) is 7.93. The summed E-state index contributed by atoms with van der Waals surface area (Å²) >= 11 is 0. The second-order valence-electron chi connectivity index (χ2n) is 4.39. The van der Waals surface area contributed by atoms with Gasteiger partial charge in [0.25, 0.3) is 0 Å². The monoisotopic (exact) mass is 269 g/mol. The SMILES string of the molecule is CNCCN(CCCC(=O)N(C)C)CC(F)(F)F. The van der Waals surface area contributed by atoms with E-state index >= 15 is 0 Å². The van der Waals surface area contributed by atoms with E-state index in [9.17, 15) is 18.0 Å². The molecule has 0 aliphatic carbocycles. The van der Waals surface area contributed by atoms with Crippen molar-refractivity contribution in [2.24, 2.45) is 0 Å². The van der Waals surface area contributed by atoms with Crippen LogP contribution in [0.2, 0.25) is 0 Å². The van der Waals surface area contributed by atoms with Crippen molar-refractivity contribution in [2.45, 2.75) is 19.0 Å². The molecule has 4 nitrogen and oxygen atoms in total. The van der Waals surface area contributed by atoms with Crippen LogP contribution in [0.4, 0.5) is 13.2 Å². The largest absolute Gasteiger partial charge is 0.401 e. The molecule has 0 rings (SSSR count). The molecule has 7 heteroatoms. The number of nitrogens with zero attached hydrogens (tertiary/aromatic N) is 2. The Morgan fingerprint density at radius 3 is 2.28 bits per heavy atom. The second kappa shape index (κ2) is 8.31. The standard InChI is InChI=1S/C11H22F3N3O/c1-15-6-8-17(9-11(12,13)14)7-4-5-10(18)16(2)3/h15H,4-9H2,1-3H3. The van der Waals surface area contributed by atoms with E-state index in [-0.39, 0.29) is 18.9 Å². The Bertz CT molecular complexity index is 244. The minimum atomic E-state index is -4.20. The summed E-state index contributed by atoms with van der Waals surface area (Å²) in [6.45, 7) is 0.176. The molecule has 0 aliphatic heterocycles. The van der Waals surface area contributed by atoms with E-state index in [1.807, 2.05) is 0 Å². The highest BCUT2D eigenvalue weighted by Gasteiger charge is 2.30. The third-order valence-corrected chi connectivity index (χ3v) is 2.44. The summed E-state index contributed by atoms with van der Waals surface area (Å²) < 4.78 is 36.9. The predicted octanol–water partition coefficient (Wildman–Crippen LogP) is 0.938. The summed E-state index contributed by atoms with van der Waals surface area (Å²) in [6.07, 6.45) is -3.48. The molecule has 0 aromatic heterocycles. The quantitative estimate of drug-likeness (QED) is 0.712. The normalized spacial score (nSPS) is 11.9. The summed E-state index contributed by atoms with van der Waals surface area (Å²) in [6, 6.07) is 0. The molecule has 1 N–H and O–H groups in total. The Labute approximate surface area is 106 Å². The number of halogens is 3. The number of rotatable bonds is 8. The van der Waals surface area contributed by atoms with E-state index in [2.05, 4.69) is 5.32 Å². The summed E-state index contributed by atoms with van der Waals surface area (Å²) in [4.78, 5) is 14.1. The number of alkyl halides is 3. The zero-order valence-corrected chi connectivity index (χ0v) is 11.2. The van der Waals surface area contributed by atoms with Gasteiger partial charge in [-0.3, -0.25) is 9.69 Å². The third kappa shape index (κ3) is 9.23. The van der Waals surface area contributed by atoms with Crippen LogP contribution in [0.15, 0.2) is 0 Å². The van der Waals surface area contributed by atoms with Crippen molar-refractivity contribution < 1.29 is 18.0 Å². The molecular weight excluding hydrogens is 247 g/mol. The average molecular weight is 269 g/mol. The zero-order valence-electron chi connectivity index (χ0n) is 11.2. The summed E-state index contributed by atoms with van der Waals surface area (Å²) in [5, 5.41) is 2.82. The van der Waals surface area contributed by atoms with Crippen molar-refractivity contribution in [3.63, 3.8) is 0 Å². The van der Waals surface area contributed by atoms with Gasteiger partial charge in [-0.2, -0.15) is 13.2 Å². The molecular formula is C11H22F3N3O. The van der Waals surface area contributed by atoms with Crippen molar-refractivity contribution in [2.75, 3.05) is 47.3 Å². The first-order valence-corrected chi connectivity index (χ1v) is 5.90. The van der Waals surface area contributed by atoms with Crippen LogP contribution in [0.25, 0.3) is 0 Å². The van der Waals surface area contributed by atoms with Gasteiger partial charge in [-0.15, -0.1) is 0 Å². The van der Waals surface area contributed by atoms with Gasteiger partial charge in [0.15, 0.2) is 0 Å². The first-order valence-electron chi connectivity index (χ1n) is 5.90. The van der Waals surface area contributed by atoms with E-state index in [0.717, 1.165) is 0 Å². The predicted molar refractivity (Wildman–Crippen MR) is 64.3 cm³/mol. The second-order valence-corrected chi connectivity index (χ2v) is 4.39. The lowest BCUT2D eigenvalue weighted by Gasteiger charge is -2.23. The van der Waals surface area contributed by atoms with Gasteiger partial charge in [0.1, 0.15) is 0 Å². The van der Waals surface area contributed by atoms with Crippen LogP contribution >= 0.6 is 0 Å². The Morgan fingerprint density at radius 2 is 1.83 bits per heavy atom. The number of nitrogens with one attached hydrogen (secondary N) is 1. The lowest BCUT2D eigenvalue weighted by atomic mass is 10.2. The number of carbonyl (C=O) groups excluding carboxylic acids is 1. The van der Waals surface area contributed by atoms with Gasteiger partial charge < -0.3 is 10.2 Å². The fourth-order valence-electron chi connectivity index (χ4n) is 1.47. The number of likely N-dealkylation sites (N-methyl/N-ethyl adjacent to an activating group) is 1. The summed E-state index contributed by atoms with van der Waals surface area (Å²) in [5.41, 5.74) is 0. The molecule has 0 aliphatic rings. The van der Waals surface area contributed by atoms with E-state index in [0.29, 0.717) is 19.5 Å². The maximum atomic E-state index is 12.3. The molecule has 108 valence electrons. The van der Waals surface area contributed by atoms with Gasteiger partial charge in [-0.05, 0) is 20.0 Å². The molecule has 0 bridgehead atoms. The minimum Gasteiger partial charge on any atom is -0.349 e. The van der Waals surface area contributed by atoms with Gasteiger partial charge in [0.05, 0.1) is 6.54 Å². The first-order chi connectivity index (χ1) is 8.26. The van der Waals surface area contributed by atoms with Crippen molar-refractivity contribution in [3.05, 3.63) is 0 Å². The molecule has 0 unspecified atom stereocenters. The van der Waals surface area contributed by atoms with Gasteiger partial charge in [0.2, 0.25) is 5.91 Å². The lowest BCUT2D eigenvalue weighted by molar-refractivity contribution is -0.146. The average Bonchev–Trinajstić information content (AvgIpc) is 2.23. The highest BCUT2D eigenvalue weighted by atomic mass is 19.4. The van der Waals surface area contributed by atoms with Gasteiger partial charge in [-0.1, -0.05) is 0 Å². The van der Waals surface area contributed by atoms with Gasteiger partial charge in [0, 0.05) is 33.6 Å². The number of amides is 1. The Morgan fingerprint density at radius 1 is 1.22 bits per heavy atom. The van der Waals surface area contributed by atoms with Crippen molar-refractivity contribution in [1.82, 2.24) is 15.1 Å². The molecule has 0 aromatic rings. The third-order valence-electron chi connectivity index (χ3n) is 2.44. The first kappa shape index (κ1) is 17.2. The molecule has 0 saturated carbocycles. The van der Waals surface area contributed by atoms with Crippen molar-refractivity contribution in [3.8, 4) is 0 Å². The van der Waals surface area contributed by atoms with E-state index in [1.165, 1.54) is 9.80 Å². The van der Waals surface area contributed by atoms with Crippen LogP contribution in [0.3, 0.4) is 0 Å². The summed E-state index contributed by atoms with van der Waals surface area (Å²) in [7, 11) is 4.97. The van der Waals surface area contributed by atoms with Gasteiger partial charge in [-0.25, -0.2) is 0 Å². The smallest absolute Gasteiger partial charge is 0.349 e. The Balaban J connectivity index is 4.04. The van der Waals surface area contributed by atoms with Crippen LogP contribution in [0, 0.1) is 0 Å². The molecule has 0 spiro atoms. The summed E-state index contributed by atoms with van der Waals surface area (Å²) in [5.74, 6) is -0.0597. The van der Waals surface area contributed by atoms with Crippen molar-refractivity contribution in [1.29, 1.82) is 0 Å². The molecule has 0 heterocycles. The van der Waals surface area contributed by atoms with E-state index < -0.39 is 12.7 Å². The molecule has 0 saturated heterocycles. The molecule has 0 aromatic carbocycles. The minimum absolute atomic E-state index is 0.0597. The number of hydrogen-bond acceptors (Lipinski definition) is 3. The van der Waals surface area contributed by atoms with Crippen LogP contribution < -0.4 is 5.32 Å². The van der Waals surface area contributed by atoms with Crippen LogP contribution in [-0.4, -0.2) is 69.2 Å². The van der Waals surface area contributed by atoms with Gasteiger partial charge >= 0.3 is 6.18 Å². The Hall–Kier alpha value is -0.820. The van der Waals surface area contributed by atoms with Crippen molar-refractivity contribution >= 4 is 5.91 Å². The highest BCUT2D eigenvalue weighted by molar-refractivity contribution is 5.75. The maximum absolute atomic E-state index is 12.3. The fraction of sp³-hybridized carbons (Fsp3) is 0.909. The molecule has 18 heavy (non-hydrogen) atoms. The molecule has 0 atom stereocenters. The number of hydrogen-bond donors (Lipinski definition) is 1. The van der Waals surface area contributed by atoms with Crippen LogP contribution in [0.1, 0.15) is 12.8 Å². The topological polar surface area (TPSA) is 35.6 Å². The zero-order chi connectivity index (χ0) is 14.2. The number of carbonyl (C=O) groups is 1. The highest BCUT2D eigenvalue weighted by Crippen LogP contribution is 2.16. The van der Waals surface area contributed by atoms with Crippen LogP contribution in [0.5, 0.6) is 0 Å². The fourth-order valence-corrected chi connectivity index (χ4v) is 1.47. The molecule has 1 amide bonds. The maximum Gasteiger partial charge on any atom is 0.401 e. The van der Waals surface area contributed by atoms with Crippen LogP contribution in [-0.2, 0) is 4.79 Å².